The van der Waals surface area contributed by atoms with Crippen molar-refractivity contribution < 1.29 is 23.5 Å². The number of phenols is 1. The molecule has 2 amide bonds. The van der Waals surface area contributed by atoms with Gasteiger partial charge in [0.1, 0.15) is 0 Å². The minimum absolute atomic E-state index is 0.163. The molecule has 0 spiro atoms. The Balaban J connectivity index is 2.12. The van der Waals surface area contributed by atoms with Gasteiger partial charge in [0.05, 0.1) is 11.3 Å². The van der Waals surface area contributed by atoms with E-state index in [9.17, 15) is 23.5 Å². The maximum atomic E-state index is 14.6. The van der Waals surface area contributed by atoms with Crippen LogP contribution in [-0.4, -0.2) is 59.9 Å². The summed E-state index contributed by atoms with van der Waals surface area (Å²) in [5.41, 5.74) is -0.616. The molecule has 3 rings (SSSR count). The van der Waals surface area contributed by atoms with Gasteiger partial charge in [-0.1, -0.05) is 36.4 Å². The van der Waals surface area contributed by atoms with Crippen molar-refractivity contribution in [3.63, 3.8) is 0 Å². The van der Waals surface area contributed by atoms with Crippen molar-refractivity contribution in [1.82, 2.24) is 9.80 Å². The van der Waals surface area contributed by atoms with Crippen LogP contribution in [0.25, 0.3) is 11.1 Å². The summed E-state index contributed by atoms with van der Waals surface area (Å²) in [6.07, 6.45) is 1.19. The van der Waals surface area contributed by atoms with Crippen molar-refractivity contribution in [2.75, 3.05) is 38.5 Å². The first kappa shape index (κ1) is 21.6. The molecule has 6 nitrogen and oxygen atoms in total. The van der Waals surface area contributed by atoms with Crippen LogP contribution in [0, 0.1) is 11.6 Å². The summed E-state index contributed by atoms with van der Waals surface area (Å²) in [7, 11) is 1.35. The number of rotatable bonds is 4. The first-order valence-corrected chi connectivity index (χ1v) is 9.56. The van der Waals surface area contributed by atoms with Gasteiger partial charge in [0, 0.05) is 49.4 Å². The maximum Gasteiger partial charge on any atom is 0.256 e. The number of hydrogen-bond acceptors (Lipinski definition) is 4. The first-order valence-electron chi connectivity index (χ1n) is 9.19. The summed E-state index contributed by atoms with van der Waals surface area (Å²) in [6, 6.07) is 6.27. The number of benzene rings is 2. The SMILES string of the molecule is C=CC(=O)N1CCN(C(=O)c2c(NC)c(F)c(F)c(O)c2-c2ccccc2Cl)CC1. The molecule has 1 aliphatic rings. The van der Waals surface area contributed by atoms with Crippen molar-refractivity contribution in [3.8, 4) is 16.9 Å². The van der Waals surface area contributed by atoms with E-state index in [1.807, 2.05) is 0 Å². The summed E-state index contributed by atoms with van der Waals surface area (Å²) in [5, 5.41) is 13.1. The molecule has 1 saturated heterocycles. The number of phenolic OH excluding ortho intramolecular Hbond substituents is 1. The molecule has 0 unspecified atom stereocenters. The van der Waals surface area contributed by atoms with Gasteiger partial charge in [-0.2, -0.15) is 4.39 Å². The molecule has 1 aliphatic heterocycles. The van der Waals surface area contributed by atoms with E-state index in [4.69, 9.17) is 11.6 Å². The second-order valence-electron chi connectivity index (χ2n) is 6.65. The number of nitrogens with zero attached hydrogens (tertiary/aromatic N) is 2. The van der Waals surface area contributed by atoms with E-state index in [2.05, 4.69) is 11.9 Å². The highest BCUT2D eigenvalue weighted by atomic mass is 35.5. The minimum atomic E-state index is -1.48. The van der Waals surface area contributed by atoms with Crippen LogP contribution in [0.4, 0.5) is 14.5 Å². The van der Waals surface area contributed by atoms with Crippen LogP contribution in [0.1, 0.15) is 10.4 Å². The molecule has 9 heteroatoms. The number of aromatic hydroxyl groups is 1. The van der Waals surface area contributed by atoms with E-state index in [1.54, 1.807) is 12.1 Å². The third-order valence-electron chi connectivity index (χ3n) is 5.02. The lowest BCUT2D eigenvalue weighted by Crippen LogP contribution is -2.50. The van der Waals surface area contributed by atoms with Gasteiger partial charge in [-0.05, 0) is 12.1 Å². The maximum absolute atomic E-state index is 14.6. The molecule has 0 saturated carbocycles. The van der Waals surface area contributed by atoms with Crippen molar-refractivity contribution in [2.45, 2.75) is 0 Å². The standard InChI is InChI=1S/C21H20ClF2N3O3/c1-3-14(28)26-8-10-27(11-9-26)21(30)16-15(12-6-4-5-7-13(12)22)20(29)18(24)17(23)19(16)25-2/h3-7,25,29H,1,8-11H2,2H3. The van der Waals surface area contributed by atoms with Gasteiger partial charge < -0.3 is 20.2 Å². The highest BCUT2D eigenvalue weighted by Gasteiger charge is 2.33. The number of amides is 2. The molecule has 30 heavy (non-hydrogen) atoms. The number of anilines is 1. The fourth-order valence-electron chi connectivity index (χ4n) is 3.47. The van der Waals surface area contributed by atoms with Gasteiger partial charge >= 0.3 is 0 Å². The normalized spacial score (nSPS) is 13.9. The number of hydrogen-bond donors (Lipinski definition) is 2. The summed E-state index contributed by atoms with van der Waals surface area (Å²) in [6.45, 7) is 4.34. The molecule has 158 valence electrons. The smallest absolute Gasteiger partial charge is 0.256 e. The van der Waals surface area contributed by atoms with Crippen LogP contribution in [0.5, 0.6) is 5.75 Å². The Kier molecular flexibility index (Phi) is 6.26. The van der Waals surface area contributed by atoms with E-state index in [0.717, 1.165) is 0 Å². The van der Waals surface area contributed by atoms with Gasteiger partial charge in [0.15, 0.2) is 11.6 Å². The van der Waals surface area contributed by atoms with Gasteiger partial charge in [0.25, 0.3) is 5.91 Å². The fourth-order valence-corrected chi connectivity index (χ4v) is 3.70. The first-order chi connectivity index (χ1) is 14.3. The van der Waals surface area contributed by atoms with Crippen molar-refractivity contribution >= 4 is 29.1 Å². The highest BCUT2D eigenvalue weighted by Crippen LogP contribution is 2.44. The Morgan fingerprint density at radius 2 is 1.73 bits per heavy atom. The van der Waals surface area contributed by atoms with Crippen LogP contribution >= 0.6 is 11.6 Å². The van der Waals surface area contributed by atoms with E-state index >= 15 is 0 Å². The zero-order valence-electron chi connectivity index (χ0n) is 16.2. The molecule has 0 aromatic heterocycles. The van der Waals surface area contributed by atoms with Crippen molar-refractivity contribution in [2.24, 2.45) is 0 Å². The van der Waals surface area contributed by atoms with Crippen LogP contribution in [-0.2, 0) is 4.79 Å². The molecule has 1 heterocycles. The Labute approximate surface area is 177 Å². The molecule has 0 atom stereocenters. The van der Waals surface area contributed by atoms with Crippen LogP contribution in [0.15, 0.2) is 36.9 Å². The lowest BCUT2D eigenvalue weighted by Gasteiger charge is -2.35. The number of carbonyl (C=O) groups is 2. The fraction of sp³-hybridized carbons (Fsp3) is 0.238. The molecule has 0 bridgehead atoms. The zero-order chi connectivity index (χ0) is 22.0. The summed E-state index contributed by atoms with van der Waals surface area (Å²) >= 11 is 6.22. The average molecular weight is 436 g/mol. The van der Waals surface area contributed by atoms with Crippen molar-refractivity contribution in [3.05, 3.63) is 59.1 Å². The largest absolute Gasteiger partial charge is 0.504 e. The summed E-state index contributed by atoms with van der Waals surface area (Å²) < 4.78 is 29.0. The third kappa shape index (κ3) is 3.70. The number of piperazine rings is 1. The second-order valence-corrected chi connectivity index (χ2v) is 7.06. The molecule has 0 aliphatic carbocycles. The topological polar surface area (TPSA) is 72.9 Å². The van der Waals surface area contributed by atoms with E-state index in [1.165, 1.54) is 35.1 Å². The lowest BCUT2D eigenvalue weighted by molar-refractivity contribution is -0.127. The van der Waals surface area contributed by atoms with E-state index in [0.29, 0.717) is 0 Å². The predicted molar refractivity (Wildman–Crippen MR) is 111 cm³/mol. The van der Waals surface area contributed by atoms with E-state index in [-0.39, 0.29) is 59.5 Å². The molecule has 2 aromatic rings. The number of carbonyl (C=O) groups excluding carboxylic acids is 2. The Hall–Kier alpha value is -3.13. The highest BCUT2D eigenvalue weighted by molar-refractivity contribution is 6.33. The van der Waals surface area contributed by atoms with Crippen molar-refractivity contribution in [1.29, 1.82) is 0 Å². The lowest BCUT2D eigenvalue weighted by atomic mass is 9.94. The Bertz CT molecular complexity index is 1020. The quantitative estimate of drug-likeness (QED) is 0.569. The molecule has 2 aromatic carbocycles. The molecular formula is C21H20ClF2N3O3. The average Bonchev–Trinajstić information content (AvgIpc) is 2.77. The van der Waals surface area contributed by atoms with Gasteiger partial charge in [-0.15, -0.1) is 0 Å². The van der Waals surface area contributed by atoms with Crippen LogP contribution in [0.2, 0.25) is 5.02 Å². The number of nitrogens with one attached hydrogen (secondary N) is 1. The van der Waals surface area contributed by atoms with Gasteiger partial charge in [0.2, 0.25) is 11.7 Å². The predicted octanol–water partition coefficient (Wildman–Crippen LogP) is 3.50. The second kappa shape index (κ2) is 8.71. The molecule has 0 radical (unpaired) electrons. The summed E-state index contributed by atoms with van der Waals surface area (Å²) in [5.74, 6) is -4.71. The molecule has 1 fully saturated rings. The van der Waals surface area contributed by atoms with E-state index < -0.39 is 23.3 Å². The zero-order valence-corrected chi connectivity index (χ0v) is 17.0. The summed E-state index contributed by atoms with van der Waals surface area (Å²) in [4.78, 5) is 28.1. The molecular weight excluding hydrogens is 416 g/mol. The minimum Gasteiger partial charge on any atom is -0.504 e. The third-order valence-corrected chi connectivity index (χ3v) is 5.35. The van der Waals surface area contributed by atoms with Gasteiger partial charge in [-0.3, -0.25) is 9.59 Å². The van der Waals surface area contributed by atoms with Gasteiger partial charge in [-0.25, -0.2) is 4.39 Å². The number of halogens is 3. The monoisotopic (exact) mass is 435 g/mol. The van der Waals surface area contributed by atoms with Crippen LogP contribution in [0.3, 0.4) is 0 Å². The Morgan fingerprint density at radius 3 is 2.30 bits per heavy atom. The van der Waals surface area contributed by atoms with Crippen LogP contribution < -0.4 is 5.32 Å². The molecule has 2 N–H and O–H groups in total. The Morgan fingerprint density at radius 1 is 1.13 bits per heavy atom.